The molecule has 3 nitrogen and oxygen atoms in total. The van der Waals surface area contributed by atoms with E-state index in [-0.39, 0.29) is 0 Å². The highest BCUT2D eigenvalue weighted by Gasteiger charge is 2.20. The summed E-state index contributed by atoms with van der Waals surface area (Å²) in [5.41, 5.74) is 5.49. The second kappa shape index (κ2) is 2.70. The summed E-state index contributed by atoms with van der Waals surface area (Å²) in [7, 11) is 0. The van der Waals surface area contributed by atoms with Gasteiger partial charge in [-0.15, -0.1) is 0 Å². The van der Waals surface area contributed by atoms with E-state index in [0.29, 0.717) is 11.3 Å². The molecule has 0 amide bonds. The third-order valence-corrected chi connectivity index (χ3v) is 2.54. The fourth-order valence-corrected chi connectivity index (χ4v) is 1.55. The molecule has 1 heterocycles. The lowest BCUT2D eigenvalue weighted by Crippen LogP contribution is -2.24. The first-order valence-corrected chi connectivity index (χ1v) is 4.54. The third-order valence-electron chi connectivity index (χ3n) is 1.82. The van der Waals surface area contributed by atoms with Gasteiger partial charge in [-0.3, -0.25) is 0 Å². The van der Waals surface area contributed by atoms with Crippen molar-refractivity contribution in [2.24, 2.45) is 0 Å². The molecule has 1 saturated carbocycles. The number of nitrogens with zero attached hydrogens (tertiary/aromatic N) is 1. The maximum absolute atomic E-state index is 5.50. The van der Waals surface area contributed by atoms with Crippen LogP contribution in [0.3, 0.4) is 0 Å². The number of hydrogen-bond acceptors (Lipinski definition) is 4. The van der Waals surface area contributed by atoms with Crippen LogP contribution in [0, 0.1) is 0 Å². The molecule has 60 valence electrons. The average molecular weight is 170 g/mol. The maximum atomic E-state index is 5.50. The molecule has 11 heavy (non-hydrogen) atoms. The summed E-state index contributed by atoms with van der Waals surface area (Å²) < 4.78 is 5.50. The Morgan fingerprint density at radius 2 is 2.45 bits per heavy atom. The van der Waals surface area contributed by atoms with Gasteiger partial charge in [-0.1, -0.05) is 11.3 Å². The van der Waals surface area contributed by atoms with Crippen molar-refractivity contribution in [3.8, 4) is 5.19 Å². The molecule has 0 atom stereocenters. The zero-order chi connectivity index (χ0) is 7.68. The number of ether oxygens (including phenoxy) is 1. The van der Waals surface area contributed by atoms with E-state index in [9.17, 15) is 0 Å². The normalized spacial score (nSPS) is 17.8. The lowest BCUT2D eigenvalue weighted by atomic mass is 9.96. The van der Waals surface area contributed by atoms with E-state index < -0.39 is 0 Å². The summed E-state index contributed by atoms with van der Waals surface area (Å²) in [5.74, 6) is 0. The van der Waals surface area contributed by atoms with Gasteiger partial charge in [0.05, 0.1) is 6.20 Å². The Balaban J connectivity index is 1.95. The lowest BCUT2D eigenvalue weighted by molar-refractivity contribution is 0.120. The summed E-state index contributed by atoms with van der Waals surface area (Å²) in [5, 5.41) is 1.44. The smallest absolute Gasteiger partial charge is 0.275 e. The van der Waals surface area contributed by atoms with E-state index in [2.05, 4.69) is 4.98 Å². The molecule has 4 heteroatoms. The van der Waals surface area contributed by atoms with Crippen LogP contribution in [0.2, 0.25) is 0 Å². The lowest BCUT2D eigenvalue weighted by Gasteiger charge is -2.24. The van der Waals surface area contributed by atoms with Gasteiger partial charge >= 0.3 is 0 Å². The molecular weight excluding hydrogens is 160 g/mol. The summed E-state index contributed by atoms with van der Waals surface area (Å²) in [6.45, 7) is 0. The van der Waals surface area contributed by atoms with Gasteiger partial charge < -0.3 is 10.5 Å². The van der Waals surface area contributed by atoms with E-state index in [1.165, 1.54) is 30.6 Å². The van der Waals surface area contributed by atoms with Crippen molar-refractivity contribution >= 4 is 16.3 Å². The fourth-order valence-electron chi connectivity index (χ4n) is 0.956. The molecule has 0 aromatic carbocycles. The molecule has 1 aliphatic carbocycles. The molecular formula is C7H10N2OS. The molecule has 1 fully saturated rings. The largest absolute Gasteiger partial charge is 0.467 e. The highest BCUT2D eigenvalue weighted by atomic mass is 32.1. The number of nitrogens with two attached hydrogens (primary N) is 1. The summed E-state index contributed by atoms with van der Waals surface area (Å²) >= 11 is 1.41. The number of aromatic nitrogens is 1. The average Bonchev–Trinajstić information content (AvgIpc) is 2.27. The molecule has 0 aliphatic heterocycles. The van der Waals surface area contributed by atoms with E-state index >= 15 is 0 Å². The minimum atomic E-state index is 0.403. The zero-order valence-corrected chi connectivity index (χ0v) is 6.93. The number of rotatable bonds is 2. The summed E-state index contributed by atoms with van der Waals surface area (Å²) in [4.78, 5) is 4.01. The van der Waals surface area contributed by atoms with Gasteiger partial charge in [0, 0.05) is 0 Å². The minimum absolute atomic E-state index is 0.403. The van der Waals surface area contributed by atoms with E-state index in [1.807, 2.05) is 0 Å². The van der Waals surface area contributed by atoms with Crippen LogP contribution >= 0.6 is 11.3 Å². The molecule has 1 aromatic heterocycles. The van der Waals surface area contributed by atoms with Crippen LogP contribution in [-0.2, 0) is 0 Å². The standard InChI is InChI=1S/C7H10N2OS/c8-6-4-9-7(11-6)10-5-2-1-3-5/h4-5H,1-3,8H2. The van der Waals surface area contributed by atoms with Crippen LogP contribution in [0.25, 0.3) is 0 Å². The second-order valence-corrected chi connectivity index (χ2v) is 3.72. The number of thiazole rings is 1. The van der Waals surface area contributed by atoms with Crippen molar-refractivity contribution < 1.29 is 4.74 Å². The molecule has 0 unspecified atom stereocenters. The van der Waals surface area contributed by atoms with Crippen LogP contribution in [0.15, 0.2) is 6.20 Å². The van der Waals surface area contributed by atoms with Crippen molar-refractivity contribution in [2.75, 3.05) is 5.73 Å². The zero-order valence-electron chi connectivity index (χ0n) is 6.12. The second-order valence-electron chi connectivity index (χ2n) is 2.70. The Bertz CT molecular complexity index is 244. The van der Waals surface area contributed by atoms with Crippen LogP contribution < -0.4 is 10.5 Å². The topological polar surface area (TPSA) is 48.1 Å². The number of nitrogen functional groups attached to an aromatic ring is 1. The van der Waals surface area contributed by atoms with Crippen molar-refractivity contribution in [1.29, 1.82) is 0 Å². The van der Waals surface area contributed by atoms with Gasteiger partial charge in [0.1, 0.15) is 11.1 Å². The molecule has 0 bridgehead atoms. The fraction of sp³-hybridized carbons (Fsp3) is 0.571. The monoisotopic (exact) mass is 170 g/mol. The highest BCUT2D eigenvalue weighted by Crippen LogP contribution is 2.28. The molecule has 1 aromatic rings. The quantitative estimate of drug-likeness (QED) is 0.734. The first-order valence-electron chi connectivity index (χ1n) is 3.72. The van der Waals surface area contributed by atoms with Gasteiger partial charge in [-0.05, 0) is 19.3 Å². The number of hydrogen-bond donors (Lipinski definition) is 1. The van der Waals surface area contributed by atoms with Crippen LogP contribution in [0.1, 0.15) is 19.3 Å². The Morgan fingerprint density at radius 3 is 2.91 bits per heavy atom. The van der Waals surface area contributed by atoms with Crippen LogP contribution in [0.5, 0.6) is 5.19 Å². The SMILES string of the molecule is Nc1cnc(OC2CCC2)s1. The predicted octanol–water partition coefficient (Wildman–Crippen LogP) is 1.66. The Labute approximate surface area is 69.2 Å². The van der Waals surface area contributed by atoms with E-state index in [0.717, 1.165) is 5.00 Å². The Morgan fingerprint density at radius 1 is 1.64 bits per heavy atom. The molecule has 0 radical (unpaired) electrons. The van der Waals surface area contributed by atoms with Crippen molar-refractivity contribution in [3.05, 3.63) is 6.20 Å². The van der Waals surface area contributed by atoms with Gasteiger partial charge in [-0.25, -0.2) is 4.98 Å². The molecule has 1 aliphatic rings. The van der Waals surface area contributed by atoms with Crippen molar-refractivity contribution in [1.82, 2.24) is 4.98 Å². The maximum Gasteiger partial charge on any atom is 0.275 e. The van der Waals surface area contributed by atoms with Gasteiger partial charge in [-0.2, -0.15) is 0 Å². The Kier molecular flexibility index (Phi) is 1.69. The first kappa shape index (κ1) is 6.91. The predicted molar refractivity (Wildman–Crippen MR) is 44.8 cm³/mol. The minimum Gasteiger partial charge on any atom is -0.467 e. The highest BCUT2D eigenvalue weighted by molar-refractivity contribution is 7.17. The van der Waals surface area contributed by atoms with Gasteiger partial charge in [0.2, 0.25) is 0 Å². The van der Waals surface area contributed by atoms with Gasteiger partial charge in [0.15, 0.2) is 0 Å². The Hall–Kier alpha value is -0.770. The van der Waals surface area contributed by atoms with Gasteiger partial charge in [0.25, 0.3) is 5.19 Å². The van der Waals surface area contributed by atoms with Crippen molar-refractivity contribution in [2.45, 2.75) is 25.4 Å². The summed E-state index contributed by atoms with van der Waals surface area (Å²) in [6, 6.07) is 0. The molecule has 0 saturated heterocycles. The van der Waals surface area contributed by atoms with Crippen molar-refractivity contribution in [3.63, 3.8) is 0 Å². The first-order chi connectivity index (χ1) is 5.34. The van der Waals surface area contributed by atoms with E-state index in [4.69, 9.17) is 10.5 Å². The number of anilines is 1. The molecule has 2 rings (SSSR count). The third kappa shape index (κ3) is 1.45. The van der Waals surface area contributed by atoms with Crippen LogP contribution in [-0.4, -0.2) is 11.1 Å². The molecule has 0 spiro atoms. The molecule has 2 N–H and O–H groups in total. The van der Waals surface area contributed by atoms with Crippen LogP contribution in [0.4, 0.5) is 5.00 Å². The summed E-state index contributed by atoms with van der Waals surface area (Å²) in [6.07, 6.45) is 5.66. The van der Waals surface area contributed by atoms with E-state index in [1.54, 1.807) is 6.20 Å².